The normalized spacial score (nSPS) is 13.7. The van der Waals surface area contributed by atoms with Gasteiger partial charge >= 0.3 is 0 Å². The lowest BCUT2D eigenvalue weighted by Gasteiger charge is -2.20. The van der Waals surface area contributed by atoms with Crippen LogP contribution in [-0.4, -0.2) is 4.98 Å². The van der Waals surface area contributed by atoms with E-state index in [-0.39, 0.29) is 0 Å². The lowest BCUT2D eigenvalue weighted by Crippen LogP contribution is -2.15. The molecule has 2 aromatic carbocycles. The van der Waals surface area contributed by atoms with E-state index in [9.17, 15) is 0 Å². The summed E-state index contributed by atoms with van der Waals surface area (Å²) in [6.45, 7) is 1.90. The van der Waals surface area contributed by atoms with Crippen LogP contribution in [0, 0.1) is 0 Å². The molecule has 2 N–H and O–H groups in total. The van der Waals surface area contributed by atoms with Crippen LogP contribution in [0.2, 0.25) is 0 Å². The Labute approximate surface area is 117 Å². The van der Waals surface area contributed by atoms with Gasteiger partial charge in [0.2, 0.25) is 0 Å². The number of hydrogen-bond acceptors (Lipinski definition) is 3. The van der Waals surface area contributed by atoms with E-state index >= 15 is 0 Å². The molecule has 0 bridgehead atoms. The first-order valence-corrected chi connectivity index (χ1v) is 6.78. The van der Waals surface area contributed by atoms with E-state index in [2.05, 4.69) is 46.3 Å². The van der Waals surface area contributed by atoms with Crippen molar-refractivity contribution < 1.29 is 0 Å². The van der Waals surface area contributed by atoms with E-state index in [0.717, 1.165) is 29.7 Å². The Bertz CT molecular complexity index is 770. The molecule has 4 rings (SSSR count). The number of aromatic nitrogens is 1. The highest BCUT2D eigenvalue weighted by molar-refractivity contribution is 5.98. The Kier molecular flexibility index (Phi) is 2.39. The molecule has 0 fully saturated rings. The highest BCUT2D eigenvalue weighted by Gasteiger charge is 2.20. The Hall–Kier alpha value is -2.55. The minimum atomic E-state index is 0.737. The van der Waals surface area contributed by atoms with E-state index in [4.69, 9.17) is 5.73 Å². The standard InChI is InChI=1S/C17H15N3/c18-15-7-3-6-14-16(8-9-19-17(14)15)20-10-12-4-1-2-5-13(12)11-20/h1-9H,10-11,18H2. The molecule has 0 spiro atoms. The van der Waals surface area contributed by atoms with Crippen molar-refractivity contribution >= 4 is 22.3 Å². The summed E-state index contributed by atoms with van der Waals surface area (Å²) in [4.78, 5) is 6.79. The Morgan fingerprint density at radius 2 is 1.65 bits per heavy atom. The van der Waals surface area contributed by atoms with Crippen molar-refractivity contribution in [2.75, 3.05) is 10.6 Å². The molecule has 1 aliphatic heterocycles. The molecule has 0 atom stereocenters. The molecular formula is C17H15N3. The van der Waals surface area contributed by atoms with Gasteiger partial charge in [-0.15, -0.1) is 0 Å². The third kappa shape index (κ3) is 1.63. The maximum atomic E-state index is 6.03. The van der Waals surface area contributed by atoms with Crippen molar-refractivity contribution in [3.05, 3.63) is 65.9 Å². The van der Waals surface area contributed by atoms with Gasteiger partial charge in [0.15, 0.2) is 0 Å². The van der Waals surface area contributed by atoms with Crippen molar-refractivity contribution in [3.8, 4) is 0 Å². The first kappa shape index (κ1) is 11.3. The molecule has 3 aromatic rings. The summed E-state index contributed by atoms with van der Waals surface area (Å²) in [6.07, 6.45) is 1.84. The number of anilines is 2. The zero-order chi connectivity index (χ0) is 13.5. The van der Waals surface area contributed by atoms with Gasteiger partial charge in [-0.25, -0.2) is 0 Å². The zero-order valence-corrected chi connectivity index (χ0v) is 11.1. The maximum absolute atomic E-state index is 6.03. The first-order valence-electron chi connectivity index (χ1n) is 6.78. The third-order valence-electron chi connectivity index (χ3n) is 3.96. The topological polar surface area (TPSA) is 42.1 Å². The summed E-state index contributed by atoms with van der Waals surface area (Å²) in [5.74, 6) is 0. The summed E-state index contributed by atoms with van der Waals surface area (Å²) in [7, 11) is 0. The predicted octanol–water partition coefficient (Wildman–Crippen LogP) is 3.34. The van der Waals surface area contributed by atoms with E-state index in [1.807, 2.05) is 18.3 Å². The minimum Gasteiger partial charge on any atom is -0.397 e. The number of hydrogen-bond donors (Lipinski definition) is 1. The number of para-hydroxylation sites is 1. The van der Waals surface area contributed by atoms with Gasteiger partial charge in [0.25, 0.3) is 0 Å². The van der Waals surface area contributed by atoms with Gasteiger partial charge in [-0.3, -0.25) is 4.98 Å². The van der Waals surface area contributed by atoms with Crippen LogP contribution >= 0.6 is 0 Å². The first-order chi connectivity index (χ1) is 9.83. The third-order valence-corrected chi connectivity index (χ3v) is 3.96. The molecule has 0 aliphatic carbocycles. The Morgan fingerprint density at radius 3 is 2.40 bits per heavy atom. The summed E-state index contributed by atoms with van der Waals surface area (Å²) >= 11 is 0. The summed E-state index contributed by atoms with van der Waals surface area (Å²) in [5, 5.41) is 1.13. The van der Waals surface area contributed by atoms with E-state index in [1.54, 1.807) is 0 Å². The van der Waals surface area contributed by atoms with Gasteiger partial charge < -0.3 is 10.6 Å². The number of rotatable bonds is 1. The average molecular weight is 261 g/mol. The van der Waals surface area contributed by atoms with Gasteiger partial charge in [-0.1, -0.05) is 36.4 Å². The molecule has 0 radical (unpaired) electrons. The molecule has 0 unspecified atom stereocenters. The average Bonchev–Trinajstić information content (AvgIpc) is 2.91. The quantitative estimate of drug-likeness (QED) is 0.683. The number of benzene rings is 2. The monoisotopic (exact) mass is 261 g/mol. The highest BCUT2D eigenvalue weighted by Crippen LogP contribution is 2.33. The fourth-order valence-corrected chi connectivity index (χ4v) is 2.96. The van der Waals surface area contributed by atoms with Gasteiger partial charge in [0.1, 0.15) is 0 Å². The van der Waals surface area contributed by atoms with Crippen molar-refractivity contribution in [2.45, 2.75) is 13.1 Å². The van der Waals surface area contributed by atoms with Crippen molar-refractivity contribution in [1.82, 2.24) is 4.98 Å². The van der Waals surface area contributed by atoms with E-state index in [1.165, 1.54) is 16.8 Å². The number of nitrogen functional groups attached to an aromatic ring is 1. The zero-order valence-electron chi connectivity index (χ0n) is 11.1. The van der Waals surface area contributed by atoms with Crippen LogP contribution in [0.15, 0.2) is 54.7 Å². The van der Waals surface area contributed by atoms with Crippen LogP contribution in [0.5, 0.6) is 0 Å². The number of nitrogens with two attached hydrogens (primary N) is 1. The molecular weight excluding hydrogens is 246 g/mol. The molecule has 0 saturated carbocycles. The van der Waals surface area contributed by atoms with E-state index < -0.39 is 0 Å². The van der Waals surface area contributed by atoms with Crippen molar-refractivity contribution in [2.24, 2.45) is 0 Å². The predicted molar refractivity (Wildman–Crippen MR) is 82.5 cm³/mol. The molecule has 20 heavy (non-hydrogen) atoms. The fourth-order valence-electron chi connectivity index (χ4n) is 2.96. The molecule has 0 saturated heterocycles. The summed E-state index contributed by atoms with van der Waals surface area (Å²) in [6, 6.07) is 16.7. The lowest BCUT2D eigenvalue weighted by atomic mass is 10.1. The van der Waals surface area contributed by atoms with Crippen LogP contribution in [0.1, 0.15) is 11.1 Å². The molecule has 2 heterocycles. The van der Waals surface area contributed by atoms with Gasteiger partial charge in [-0.2, -0.15) is 0 Å². The second-order valence-electron chi connectivity index (χ2n) is 5.20. The maximum Gasteiger partial charge on any atom is 0.0951 e. The summed E-state index contributed by atoms with van der Waals surface area (Å²) < 4.78 is 0. The fraction of sp³-hybridized carbons (Fsp3) is 0.118. The smallest absolute Gasteiger partial charge is 0.0951 e. The van der Waals surface area contributed by atoms with Crippen molar-refractivity contribution in [3.63, 3.8) is 0 Å². The number of pyridine rings is 1. The van der Waals surface area contributed by atoms with Crippen LogP contribution in [0.3, 0.4) is 0 Å². The lowest BCUT2D eigenvalue weighted by molar-refractivity contribution is 0.884. The molecule has 3 nitrogen and oxygen atoms in total. The van der Waals surface area contributed by atoms with Gasteiger partial charge in [0, 0.05) is 30.4 Å². The second kappa shape index (κ2) is 4.23. The van der Waals surface area contributed by atoms with E-state index in [0.29, 0.717) is 0 Å². The van der Waals surface area contributed by atoms with Gasteiger partial charge in [-0.05, 0) is 23.3 Å². The number of fused-ring (bicyclic) bond motifs is 2. The SMILES string of the molecule is Nc1cccc2c(N3Cc4ccccc4C3)ccnc12. The van der Waals surface area contributed by atoms with Crippen LogP contribution < -0.4 is 10.6 Å². The van der Waals surface area contributed by atoms with Crippen LogP contribution in [-0.2, 0) is 13.1 Å². The molecule has 1 aromatic heterocycles. The van der Waals surface area contributed by atoms with Gasteiger partial charge in [0.05, 0.1) is 11.2 Å². The minimum absolute atomic E-state index is 0.737. The molecule has 1 aliphatic rings. The number of nitrogens with zero attached hydrogens (tertiary/aromatic N) is 2. The molecule has 3 heteroatoms. The second-order valence-corrected chi connectivity index (χ2v) is 5.20. The Balaban J connectivity index is 1.83. The van der Waals surface area contributed by atoms with Crippen LogP contribution in [0.25, 0.3) is 10.9 Å². The largest absolute Gasteiger partial charge is 0.397 e. The molecule has 98 valence electrons. The Morgan fingerprint density at radius 1 is 0.900 bits per heavy atom. The summed E-state index contributed by atoms with van der Waals surface area (Å²) in [5.41, 5.74) is 11.7. The van der Waals surface area contributed by atoms with Crippen LogP contribution in [0.4, 0.5) is 11.4 Å². The molecule has 0 amide bonds. The highest BCUT2D eigenvalue weighted by atomic mass is 15.1. The van der Waals surface area contributed by atoms with Crippen molar-refractivity contribution in [1.29, 1.82) is 0 Å².